The summed E-state index contributed by atoms with van der Waals surface area (Å²) in [6.45, 7) is 0.671. The number of hydrogen-bond donors (Lipinski definition) is 3. The van der Waals surface area contributed by atoms with Gasteiger partial charge in [0.05, 0.1) is 12.4 Å². The van der Waals surface area contributed by atoms with Crippen LogP contribution < -0.4 is 5.73 Å². The highest BCUT2D eigenvalue weighted by molar-refractivity contribution is 4.70. The monoisotopic (exact) mass is 215 g/mol. The molecule has 0 aromatic heterocycles. The van der Waals surface area contributed by atoms with Crippen molar-refractivity contribution in [2.45, 2.75) is 57.5 Å². The van der Waals surface area contributed by atoms with Crippen molar-refractivity contribution in [1.82, 2.24) is 0 Å². The summed E-state index contributed by atoms with van der Waals surface area (Å²) in [6, 6.07) is 0. The van der Waals surface area contributed by atoms with Crippen molar-refractivity contribution >= 4 is 0 Å². The summed E-state index contributed by atoms with van der Waals surface area (Å²) in [7, 11) is 0. The number of rotatable bonds is 10. The molecule has 0 aliphatic heterocycles. The highest BCUT2D eigenvalue weighted by Crippen LogP contribution is 2.10. The highest BCUT2D eigenvalue weighted by Gasteiger charge is 2.02. The van der Waals surface area contributed by atoms with Gasteiger partial charge in [0.1, 0.15) is 0 Å². The summed E-state index contributed by atoms with van der Waals surface area (Å²) in [6.07, 6.45) is 10.9. The van der Waals surface area contributed by atoms with Crippen molar-refractivity contribution in [3.63, 3.8) is 0 Å². The van der Waals surface area contributed by atoms with Gasteiger partial charge in [0, 0.05) is 0 Å². The van der Waals surface area contributed by atoms with Gasteiger partial charge in [0.15, 0.2) is 0 Å². The van der Waals surface area contributed by atoms with Crippen LogP contribution in [0.4, 0.5) is 0 Å². The third kappa shape index (κ3) is 11.4. The lowest BCUT2D eigenvalue weighted by molar-refractivity contribution is 0.149. The number of unbranched alkanes of at least 4 members (excludes halogenated alkanes) is 4. The van der Waals surface area contributed by atoms with Gasteiger partial charge in [0.2, 0.25) is 0 Å². The first-order chi connectivity index (χ1) is 7.31. The summed E-state index contributed by atoms with van der Waals surface area (Å²) < 4.78 is 0. The minimum Gasteiger partial charge on any atom is -0.516 e. The van der Waals surface area contributed by atoms with E-state index < -0.39 is 0 Å². The van der Waals surface area contributed by atoms with Crippen molar-refractivity contribution in [3.05, 3.63) is 12.3 Å². The van der Waals surface area contributed by atoms with Gasteiger partial charge >= 0.3 is 0 Å². The minimum absolute atomic E-state index is 0.161. The summed E-state index contributed by atoms with van der Waals surface area (Å²) >= 11 is 0. The molecule has 15 heavy (non-hydrogen) atoms. The molecule has 0 saturated carbocycles. The molecular weight excluding hydrogens is 190 g/mol. The van der Waals surface area contributed by atoms with Gasteiger partial charge in [-0.05, 0) is 38.6 Å². The predicted molar refractivity (Wildman–Crippen MR) is 63.8 cm³/mol. The van der Waals surface area contributed by atoms with Gasteiger partial charge in [-0.15, -0.1) is 0 Å². The van der Waals surface area contributed by atoms with E-state index in [2.05, 4.69) is 0 Å². The van der Waals surface area contributed by atoms with Gasteiger partial charge in [-0.3, -0.25) is 0 Å². The Kier molecular flexibility index (Phi) is 11.1. The second-order valence-electron chi connectivity index (χ2n) is 3.96. The average molecular weight is 215 g/mol. The van der Waals surface area contributed by atoms with E-state index in [1.807, 2.05) is 0 Å². The Morgan fingerprint density at radius 2 is 1.67 bits per heavy atom. The maximum atomic E-state index is 9.52. The fraction of sp³-hybridized carbons (Fsp3) is 0.833. The molecule has 0 rings (SSSR count). The number of aliphatic hydroxyl groups is 2. The molecule has 0 aromatic carbocycles. The van der Waals surface area contributed by atoms with E-state index in [0.717, 1.165) is 44.8 Å². The fourth-order valence-corrected chi connectivity index (χ4v) is 1.57. The molecule has 90 valence electrons. The second kappa shape index (κ2) is 11.5. The zero-order valence-electron chi connectivity index (χ0n) is 9.57. The van der Waals surface area contributed by atoms with Crippen LogP contribution in [0.25, 0.3) is 0 Å². The molecule has 0 radical (unpaired) electrons. The minimum atomic E-state index is -0.161. The van der Waals surface area contributed by atoms with Gasteiger partial charge < -0.3 is 15.9 Å². The Hall–Kier alpha value is -0.540. The molecule has 1 unspecified atom stereocenters. The van der Waals surface area contributed by atoms with E-state index in [1.165, 1.54) is 12.8 Å². The first-order valence-electron chi connectivity index (χ1n) is 5.98. The maximum absolute atomic E-state index is 9.52. The summed E-state index contributed by atoms with van der Waals surface area (Å²) in [5.74, 6) is 0. The zero-order chi connectivity index (χ0) is 11.4. The Morgan fingerprint density at radius 3 is 2.33 bits per heavy atom. The predicted octanol–water partition coefficient (Wildman–Crippen LogP) is 2.50. The molecule has 0 heterocycles. The van der Waals surface area contributed by atoms with E-state index in [1.54, 1.807) is 6.08 Å². The first-order valence-corrected chi connectivity index (χ1v) is 5.98. The van der Waals surface area contributed by atoms with Gasteiger partial charge in [-0.25, -0.2) is 0 Å². The van der Waals surface area contributed by atoms with E-state index in [4.69, 9.17) is 10.8 Å². The van der Waals surface area contributed by atoms with Crippen LogP contribution >= 0.6 is 0 Å². The van der Waals surface area contributed by atoms with Crippen LogP contribution in [-0.2, 0) is 0 Å². The Morgan fingerprint density at radius 1 is 1.00 bits per heavy atom. The number of allylic oxidation sites excluding steroid dienone is 1. The summed E-state index contributed by atoms with van der Waals surface area (Å²) in [4.78, 5) is 0. The second-order valence-corrected chi connectivity index (χ2v) is 3.96. The largest absolute Gasteiger partial charge is 0.516 e. The third-order valence-electron chi connectivity index (χ3n) is 2.51. The summed E-state index contributed by atoms with van der Waals surface area (Å²) in [5, 5.41) is 17.9. The Labute approximate surface area is 93.0 Å². The molecule has 0 aromatic rings. The molecule has 0 bridgehead atoms. The van der Waals surface area contributed by atoms with Crippen molar-refractivity contribution in [1.29, 1.82) is 0 Å². The maximum Gasteiger partial charge on any atom is 0.0751 e. The van der Waals surface area contributed by atoms with Crippen LogP contribution in [0.3, 0.4) is 0 Å². The lowest BCUT2D eigenvalue weighted by Crippen LogP contribution is -2.09. The number of hydrogen-bond acceptors (Lipinski definition) is 3. The molecule has 0 saturated heterocycles. The van der Waals surface area contributed by atoms with E-state index in [0.29, 0.717) is 6.54 Å². The molecule has 0 amide bonds. The molecule has 0 aliphatic rings. The molecule has 3 nitrogen and oxygen atoms in total. The quantitative estimate of drug-likeness (QED) is 0.387. The molecule has 0 fully saturated rings. The third-order valence-corrected chi connectivity index (χ3v) is 2.51. The van der Waals surface area contributed by atoms with Crippen molar-refractivity contribution < 1.29 is 10.2 Å². The average Bonchev–Trinajstić information content (AvgIpc) is 2.25. The Bertz CT molecular complexity index is 149. The van der Waals surface area contributed by atoms with Crippen LogP contribution in [-0.4, -0.2) is 22.9 Å². The molecular formula is C12H25NO2. The molecule has 1 atom stereocenters. The van der Waals surface area contributed by atoms with Crippen molar-refractivity contribution in [2.75, 3.05) is 6.54 Å². The topological polar surface area (TPSA) is 66.5 Å². The SMILES string of the molecule is NCCCC(O)CCCCCC/C=C\O. The van der Waals surface area contributed by atoms with E-state index in [9.17, 15) is 5.11 Å². The molecule has 3 heteroatoms. The highest BCUT2D eigenvalue weighted by atomic mass is 16.3. The Balaban J connectivity index is 3.09. The van der Waals surface area contributed by atoms with Crippen LogP contribution in [0, 0.1) is 0 Å². The van der Waals surface area contributed by atoms with Crippen LogP contribution in [0.15, 0.2) is 12.3 Å². The van der Waals surface area contributed by atoms with Gasteiger partial charge in [0.25, 0.3) is 0 Å². The van der Waals surface area contributed by atoms with Crippen LogP contribution in [0.2, 0.25) is 0 Å². The lowest BCUT2D eigenvalue weighted by Gasteiger charge is -2.08. The smallest absolute Gasteiger partial charge is 0.0751 e. The number of nitrogens with two attached hydrogens (primary N) is 1. The number of aliphatic hydroxyl groups excluding tert-OH is 2. The molecule has 4 N–H and O–H groups in total. The van der Waals surface area contributed by atoms with E-state index >= 15 is 0 Å². The normalized spacial score (nSPS) is 13.5. The lowest BCUT2D eigenvalue weighted by atomic mass is 10.0. The summed E-state index contributed by atoms with van der Waals surface area (Å²) in [5.41, 5.74) is 5.36. The molecule has 0 spiro atoms. The van der Waals surface area contributed by atoms with Gasteiger partial charge in [-0.2, -0.15) is 0 Å². The van der Waals surface area contributed by atoms with Crippen LogP contribution in [0.1, 0.15) is 51.4 Å². The van der Waals surface area contributed by atoms with E-state index in [-0.39, 0.29) is 6.10 Å². The van der Waals surface area contributed by atoms with Crippen molar-refractivity contribution in [2.24, 2.45) is 5.73 Å². The van der Waals surface area contributed by atoms with Crippen molar-refractivity contribution in [3.8, 4) is 0 Å². The fourth-order valence-electron chi connectivity index (χ4n) is 1.57. The first kappa shape index (κ1) is 14.5. The van der Waals surface area contributed by atoms with Gasteiger partial charge in [-0.1, -0.05) is 25.3 Å². The molecule has 0 aliphatic carbocycles. The van der Waals surface area contributed by atoms with Crippen LogP contribution in [0.5, 0.6) is 0 Å². The zero-order valence-corrected chi connectivity index (χ0v) is 9.57. The standard InChI is InChI=1S/C12H25NO2/c13-10-7-9-12(15)8-5-3-1-2-4-6-11-14/h6,11-12,14-15H,1-5,7-10,13H2/b11-6-.